The summed E-state index contributed by atoms with van der Waals surface area (Å²) in [7, 11) is 1.89. The molecule has 2 N–H and O–H groups in total. The zero-order chi connectivity index (χ0) is 11.4. The van der Waals surface area contributed by atoms with Crippen LogP contribution in [0.15, 0.2) is 6.20 Å². The SMILES string of the molecule is Cn1nncc1CNC1(CO)CCCCC1. The molecular formula is C11H20N4O. The van der Waals surface area contributed by atoms with Gasteiger partial charge in [0.1, 0.15) is 0 Å². The van der Waals surface area contributed by atoms with Gasteiger partial charge in [-0.15, -0.1) is 5.10 Å². The van der Waals surface area contributed by atoms with Crippen LogP contribution in [0, 0.1) is 0 Å². The molecule has 5 heteroatoms. The number of rotatable bonds is 4. The molecule has 1 saturated carbocycles. The maximum absolute atomic E-state index is 9.54. The summed E-state index contributed by atoms with van der Waals surface area (Å²) in [6, 6.07) is 0. The highest BCUT2D eigenvalue weighted by Crippen LogP contribution is 2.27. The summed E-state index contributed by atoms with van der Waals surface area (Å²) in [5.41, 5.74) is 0.973. The van der Waals surface area contributed by atoms with Gasteiger partial charge in [-0.3, -0.25) is 4.68 Å². The minimum absolute atomic E-state index is 0.0808. The summed E-state index contributed by atoms with van der Waals surface area (Å²) >= 11 is 0. The molecule has 2 rings (SSSR count). The topological polar surface area (TPSA) is 63.0 Å². The number of aliphatic hydroxyl groups is 1. The monoisotopic (exact) mass is 224 g/mol. The molecule has 1 aliphatic carbocycles. The van der Waals surface area contributed by atoms with E-state index in [2.05, 4.69) is 15.6 Å². The van der Waals surface area contributed by atoms with Crippen LogP contribution in [0.3, 0.4) is 0 Å². The summed E-state index contributed by atoms with van der Waals surface area (Å²) in [5.74, 6) is 0. The van der Waals surface area contributed by atoms with E-state index < -0.39 is 0 Å². The third kappa shape index (κ3) is 2.41. The van der Waals surface area contributed by atoms with Gasteiger partial charge in [-0.25, -0.2) is 0 Å². The lowest BCUT2D eigenvalue weighted by Gasteiger charge is -2.36. The molecule has 1 fully saturated rings. The predicted molar refractivity (Wildman–Crippen MR) is 60.7 cm³/mol. The minimum Gasteiger partial charge on any atom is -0.394 e. The fourth-order valence-corrected chi connectivity index (χ4v) is 2.37. The van der Waals surface area contributed by atoms with Crippen LogP contribution in [0.5, 0.6) is 0 Å². The molecule has 0 saturated heterocycles. The molecule has 0 unspecified atom stereocenters. The summed E-state index contributed by atoms with van der Waals surface area (Å²) < 4.78 is 1.76. The van der Waals surface area contributed by atoms with Crippen LogP contribution >= 0.6 is 0 Å². The lowest BCUT2D eigenvalue weighted by Crippen LogP contribution is -2.49. The van der Waals surface area contributed by atoms with Crippen molar-refractivity contribution in [2.24, 2.45) is 7.05 Å². The Morgan fingerprint density at radius 2 is 2.19 bits per heavy atom. The first-order valence-electron chi connectivity index (χ1n) is 5.95. The summed E-state index contributed by atoms with van der Waals surface area (Å²) in [5, 5.41) is 20.8. The molecule has 0 aromatic carbocycles. The van der Waals surface area contributed by atoms with Crippen molar-refractivity contribution >= 4 is 0 Å². The maximum Gasteiger partial charge on any atom is 0.0738 e. The zero-order valence-corrected chi connectivity index (χ0v) is 9.82. The molecular weight excluding hydrogens is 204 g/mol. The van der Waals surface area contributed by atoms with Crippen LogP contribution in [-0.4, -0.2) is 32.2 Å². The molecule has 0 atom stereocenters. The van der Waals surface area contributed by atoms with Crippen molar-refractivity contribution in [1.29, 1.82) is 0 Å². The molecule has 16 heavy (non-hydrogen) atoms. The number of aromatic nitrogens is 3. The van der Waals surface area contributed by atoms with Gasteiger partial charge in [-0.1, -0.05) is 24.5 Å². The standard InChI is InChI=1S/C11H20N4O/c1-15-10(8-13-14-15)7-12-11(9-16)5-3-2-4-6-11/h8,12,16H,2-7,9H2,1H3. The van der Waals surface area contributed by atoms with Crippen LogP contribution in [0.2, 0.25) is 0 Å². The Bertz CT molecular complexity index is 330. The van der Waals surface area contributed by atoms with Gasteiger partial charge in [0.2, 0.25) is 0 Å². The van der Waals surface area contributed by atoms with Gasteiger partial charge in [0, 0.05) is 19.1 Å². The summed E-state index contributed by atoms with van der Waals surface area (Å²) in [6.45, 7) is 0.947. The van der Waals surface area contributed by atoms with E-state index in [4.69, 9.17) is 0 Å². The second-order valence-corrected chi connectivity index (χ2v) is 4.70. The molecule has 0 amide bonds. The van der Waals surface area contributed by atoms with E-state index in [1.165, 1.54) is 19.3 Å². The molecule has 90 valence electrons. The van der Waals surface area contributed by atoms with E-state index in [1.54, 1.807) is 10.9 Å². The van der Waals surface area contributed by atoms with Crippen LogP contribution in [-0.2, 0) is 13.6 Å². The van der Waals surface area contributed by atoms with Crippen molar-refractivity contribution in [3.63, 3.8) is 0 Å². The third-order valence-corrected chi connectivity index (χ3v) is 3.57. The second-order valence-electron chi connectivity index (χ2n) is 4.70. The Morgan fingerprint density at radius 1 is 1.44 bits per heavy atom. The molecule has 1 aromatic rings. The quantitative estimate of drug-likeness (QED) is 0.786. The Balaban J connectivity index is 1.94. The smallest absolute Gasteiger partial charge is 0.0738 e. The lowest BCUT2D eigenvalue weighted by atomic mass is 9.82. The lowest BCUT2D eigenvalue weighted by molar-refractivity contribution is 0.119. The summed E-state index contributed by atoms with van der Waals surface area (Å²) in [4.78, 5) is 0. The van der Waals surface area contributed by atoms with Gasteiger partial charge in [0.05, 0.1) is 18.5 Å². The first kappa shape index (κ1) is 11.5. The van der Waals surface area contributed by atoms with Crippen molar-refractivity contribution in [1.82, 2.24) is 20.3 Å². The second kappa shape index (κ2) is 4.93. The van der Waals surface area contributed by atoms with E-state index in [0.717, 1.165) is 25.1 Å². The first-order chi connectivity index (χ1) is 7.76. The average Bonchev–Trinajstić information content (AvgIpc) is 2.74. The van der Waals surface area contributed by atoms with Gasteiger partial charge in [0.15, 0.2) is 0 Å². The fourth-order valence-electron chi connectivity index (χ4n) is 2.37. The molecule has 0 radical (unpaired) electrons. The zero-order valence-electron chi connectivity index (χ0n) is 9.82. The fraction of sp³-hybridized carbons (Fsp3) is 0.818. The normalized spacial score (nSPS) is 19.9. The maximum atomic E-state index is 9.54. The third-order valence-electron chi connectivity index (χ3n) is 3.57. The first-order valence-corrected chi connectivity index (χ1v) is 5.95. The van der Waals surface area contributed by atoms with Crippen molar-refractivity contribution < 1.29 is 5.11 Å². The molecule has 1 aromatic heterocycles. The van der Waals surface area contributed by atoms with Crippen molar-refractivity contribution in [3.8, 4) is 0 Å². The number of nitrogens with zero attached hydrogens (tertiary/aromatic N) is 3. The van der Waals surface area contributed by atoms with E-state index in [-0.39, 0.29) is 12.1 Å². The number of aryl methyl sites for hydroxylation is 1. The van der Waals surface area contributed by atoms with Crippen molar-refractivity contribution in [2.75, 3.05) is 6.61 Å². The van der Waals surface area contributed by atoms with Gasteiger partial charge in [-0.05, 0) is 12.8 Å². The van der Waals surface area contributed by atoms with E-state index >= 15 is 0 Å². The van der Waals surface area contributed by atoms with Crippen molar-refractivity contribution in [2.45, 2.75) is 44.2 Å². The van der Waals surface area contributed by atoms with E-state index in [1.807, 2.05) is 7.05 Å². The highest BCUT2D eigenvalue weighted by Gasteiger charge is 2.30. The minimum atomic E-state index is -0.0808. The largest absolute Gasteiger partial charge is 0.394 e. The van der Waals surface area contributed by atoms with Crippen LogP contribution in [0.25, 0.3) is 0 Å². The van der Waals surface area contributed by atoms with Gasteiger partial charge in [-0.2, -0.15) is 0 Å². The predicted octanol–water partition coefficient (Wildman–Crippen LogP) is 0.600. The van der Waals surface area contributed by atoms with Gasteiger partial charge in [0.25, 0.3) is 0 Å². The van der Waals surface area contributed by atoms with E-state index in [9.17, 15) is 5.11 Å². The number of hydrogen-bond donors (Lipinski definition) is 2. The van der Waals surface area contributed by atoms with Crippen LogP contribution in [0.4, 0.5) is 0 Å². The number of hydrogen-bond acceptors (Lipinski definition) is 4. The highest BCUT2D eigenvalue weighted by atomic mass is 16.3. The molecule has 0 bridgehead atoms. The Kier molecular flexibility index (Phi) is 3.56. The van der Waals surface area contributed by atoms with Gasteiger partial charge < -0.3 is 10.4 Å². The molecule has 0 aliphatic heterocycles. The molecule has 1 aliphatic rings. The average molecular weight is 224 g/mol. The molecule has 1 heterocycles. The highest BCUT2D eigenvalue weighted by molar-refractivity contribution is 4.97. The Labute approximate surface area is 95.8 Å². The van der Waals surface area contributed by atoms with E-state index in [0.29, 0.717) is 0 Å². The van der Waals surface area contributed by atoms with Gasteiger partial charge >= 0.3 is 0 Å². The molecule has 0 spiro atoms. The Morgan fingerprint density at radius 3 is 2.75 bits per heavy atom. The van der Waals surface area contributed by atoms with Crippen molar-refractivity contribution in [3.05, 3.63) is 11.9 Å². The van der Waals surface area contributed by atoms with Crippen LogP contribution < -0.4 is 5.32 Å². The Hall–Kier alpha value is -0.940. The molecule has 5 nitrogen and oxygen atoms in total. The number of aliphatic hydroxyl groups excluding tert-OH is 1. The van der Waals surface area contributed by atoms with Crippen LogP contribution in [0.1, 0.15) is 37.8 Å². The number of nitrogens with one attached hydrogen (secondary N) is 1. The summed E-state index contributed by atoms with van der Waals surface area (Å²) in [6.07, 6.45) is 7.59.